The van der Waals surface area contributed by atoms with Crippen LogP contribution < -0.4 is 10.9 Å². The molecule has 0 unspecified atom stereocenters. The quantitative estimate of drug-likeness (QED) is 0.795. The third-order valence-electron chi connectivity index (χ3n) is 3.79. The number of anilines is 1. The van der Waals surface area contributed by atoms with Crippen LogP contribution in [-0.2, 0) is 11.3 Å². The van der Waals surface area contributed by atoms with Crippen LogP contribution in [0.3, 0.4) is 0 Å². The van der Waals surface area contributed by atoms with Gasteiger partial charge in [0.1, 0.15) is 17.4 Å². The molecule has 0 aliphatic heterocycles. The predicted molar refractivity (Wildman–Crippen MR) is 93.1 cm³/mol. The number of thiophene rings is 1. The van der Waals surface area contributed by atoms with Crippen molar-refractivity contribution in [1.82, 2.24) is 9.55 Å². The minimum Gasteiger partial charge on any atom is -0.323 e. The molecule has 0 radical (unpaired) electrons. The molecule has 120 valence electrons. The highest BCUT2D eigenvalue weighted by Gasteiger charge is 2.14. The number of aromatic nitrogens is 2. The van der Waals surface area contributed by atoms with Crippen molar-refractivity contribution in [1.29, 1.82) is 5.26 Å². The molecule has 0 aliphatic carbocycles. The summed E-state index contributed by atoms with van der Waals surface area (Å²) >= 11 is 1.47. The first-order valence-electron chi connectivity index (χ1n) is 7.25. The zero-order chi connectivity index (χ0) is 17.3. The van der Waals surface area contributed by atoms with Crippen LogP contribution in [0.1, 0.15) is 16.0 Å². The summed E-state index contributed by atoms with van der Waals surface area (Å²) in [6, 6.07) is 8.73. The van der Waals surface area contributed by atoms with Crippen molar-refractivity contribution in [3.8, 4) is 6.07 Å². The van der Waals surface area contributed by atoms with Gasteiger partial charge in [0.15, 0.2) is 0 Å². The minimum absolute atomic E-state index is 0.157. The SMILES string of the molecule is Cc1sc2ncn(CC(=O)Nc3ccccc3C#N)c(=O)c2c1C. The van der Waals surface area contributed by atoms with Crippen molar-refractivity contribution < 1.29 is 4.79 Å². The van der Waals surface area contributed by atoms with E-state index in [0.717, 1.165) is 10.4 Å². The van der Waals surface area contributed by atoms with Crippen LogP contribution >= 0.6 is 11.3 Å². The van der Waals surface area contributed by atoms with E-state index in [0.29, 0.717) is 21.5 Å². The summed E-state index contributed by atoms with van der Waals surface area (Å²) in [5, 5.41) is 12.3. The molecule has 7 heteroatoms. The Kier molecular flexibility index (Phi) is 4.15. The summed E-state index contributed by atoms with van der Waals surface area (Å²) in [5.41, 5.74) is 1.47. The number of carbonyl (C=O) groups excluding carboxylic acids is 1. The van der Waals surface area contributed by atoms with E-state index < -0.39 is 0 Å². The Morgan fingerprint density at radius 3 is 2.88 bits per heavy atom. The lowest BCUT2D eigenvalue weighted by Gasteiger charge is -2.08. The topological polar surface area (TPSA) is 87.8 Å². The highest BCUT2D eigenvalue weighted by atomic mass is 32.1. The lowest BCUT2D eigenvalue weighted by molar-refractivity contribution is -0.116. The second kappa shape index (κ2) is 6.26. The van der Waals surface area contributed by atoms with E-state index in [9.17, 15) is 9.59 Å². The fourth-order valence-corrected chi connectivity index (χ4v) is 3.40. The molecule has 0 atom stereocenters. The molecular weight excluding hydrogens is 324 g/mol. The van der Waals surface area contributed by atoms with Crippen LogP contribution in [0.5, 0.6) is 0 Å². The number of fused-ring (bicyclic) bond motifs is 1. The lowest BCUT2D eigenvalue weighted by Crippen LogP contribution is -2.28. The number of nitrogens with zero attached hydrogens (tertiary/aromatic N) is 3. The number of para-hydroxylation sites is 1. The second-order valence-corrected chi connectivity index (χ2v) is 6.55. The molecule has 2 aromatic heterocycles. The monoisotopic (exact) mass is 338 g/mol. The fourth-order valence-electron chi connectivity index (χ4n) is 2.42. The van der Waals surface area contributed by atoms with E-state index in [-0.39, 0.29) is 18.0 Å². The molecule has 0 saturated carbocycles. The molecule has 0 aliphatic rings. The number of rotatable bonds is 3. The van der Waals surface area contributed by atoms with E-state index in [2.05, 4.69) is 10.3 Å². The van der Waals surface area contributed by atoms with Crippen LogP contribution in [0, 0.1) is 25.2 Å². The van der Waals surface area contributed by atoms with Gasteiger partial charge in [-0.1, -0.05) is 12.1 Å². The molecular formula is C17H14N4O2S. The van der Waals surface area contributed by atoms with Gasteiger partial charge >= 0.3 is 0 Å². The van der Waals surface area contributed by atoms with Gasteiger partial charge in [-0.05, 0) is 31.5 Å². The number of amides is 1. The maximum atomic E-state index is 12.6. The summed E-state index contributed by atoms with van der Waals surface area (Å²) in [5.74, 6) is -0.384. The molecule has 1 aromatic carbocycles. The molecule has 1 amide bonds. The Morgan fingerprint density at radius 2 is 2.12 bits per heavy atom. The molecule has 0 spiro atoms. The van der Waals surface area contributed by atoms with Crippen LogP contribution in [0.15, 0.2) is 35.4 Å². The Balaban J connectivity index is 1.89. The zero-order valence-corrected chi connectivity index (χ0v) is 14.0. The average molecular weight is 338 g/mol. The standard InChI is InChI=1S/C17H14N4O2S/c1-10-11(2)24-16-15(10)17(23)21(9-19-16)8-14(22)20-13-6-4-3-5-12(13)7-18/h3-6,9H,8H2,1-2H3,(H,20,22). The van der Waals surface area contributed by atoms with Gasteiger partial charge in [-0.15, -0.1) is 11.3 Å². The molecule has 0 saturated heterocycles. The normalized spacial score (nSPS) is 10.5. The Morgan fingerprint density at radius 1 is 1.38 bits per heavy atom. The summed E-state index contributed by atoms with van der Waals surface area (Å²) in [4.78, 5) is 30.8. The van der Waals surface area contributed by atoms with E-state index in [1.807, 2.05) is 19.9 Å². The van der Waals surface area contributed by atoms with Crippen molar-refractivity contribution in [2.45, 2.75) is 20.4 Å². The maximum Gasteiger partial charge on any atom is 0.262 e. The number of nitrogens with one attached hydrogen (secondary N) is 1. The number of nitriles is 1. The van der Waals surface area contributed by atoms with Gasteiger partial charge in [-0.25, -0.2) is 4.98 Å². The van der Waals surface area contributed by atoms with E-state index in [4.69, 9.17) is 5.26 Å². The summed E-state index contributed by atoms with van der Waals surface area (Å²) in [7, 11) is 0. The first kappa shape index (κ1) is 15.9. The lowest BCUT2D eigenvalue weighted by atomic mass is 10.2. The van der Waals surface area contributed by atoms with Crippen LogP contribution in [-0.4, -0.2) is 15.5 Å². The van der Waals surface area contributed by atoms with Gasteiger partial charge in [-0.3, -0.25) is 14.2 Å². The molecule has 3 rings (SSSR count). The van der Waals surface area contributed by atoms with E-state index in [1.165, 1.54) is 22.2 Å². The predicted octanol–water partition coefficient (Wildman–Crippen LogP) is 2.59. The summed E-state index contributed by atoms with van der Waals surface area (Å²) < 4.78 is 1.28. The number of hydrogen-bond donors (Lipinski definition) is 1. The Labute approximate surface area is 142 Å². The van der Waals surface area contributed by atoms with Crippen molar-refractivity contribution in [2.75, 3.05) is 5.32 Å². The highest BCUT2D eigenvalue weighted by molar-refractivity contribution is 7.18. The van der Waals surface area contributed by atoms with Gasteiger partial charge in [0.05, 0.1) is 23.0 Å². The first-order chi connectivity index (χ1) is 11.5. The van der Waals surface area contributed by atoms with Crippen molar-refractivity contribution in [2.24, 2.45) is 0 Å². The van der Waals surface area contributed by atoms with E-state index >= 15 is 0 Å². The first-order valence-corrected chi connectivity index (χ1v) is 8.07. The van der Waals surface area contributed by atoms with Gasteiger partial charge in [0.25, 0.3) is 5.56 Å². The third-order valence-corrected chi connectivity index (χ3v) is 4.91. The largest absolute Gasteiger partial charge is 0.323 e. The average Bonchev–Trinajstić information content (AvgIpc) is 2.86. The molecule has 6 nitrogen and oxygen atoms in total. The van der Waals surface area contributed by atoms with Crippen molar-refractivity contribution in [3.05, 3.63) is 57.0 Å². The number of hydrogen-bond acceptors (Lipinski definition) is 5. The Hall–Kier alpha value is -2.98. The van der Waals surface area contributed by atoms with Crippen LogP contribution in [0.4, 0.5) is 5.69 Å². The molecule has 0 fully saturated rings. The molecule has 0 bridgehead atoms. The van der Waals surface area contributed by atoms with Gasteiger partial charge in [0, 0.05) is 4.88 Å². The summed E-state index contributed by atoms with van der Waals surface area (Å²) in [6.45, 7) is 3.66. The zero-order valence-electron chi connectivity index (χ0n) is 13.2. The highest BCUT2D eigenvalue weighted by Crippen LogP contribution is 2.25. The number of benzene rings is 1. The molecule has 3 aromatic rings. The van der Waals surface area contributed by atoms with E-state index in [1.54, 1.807) is 24.3 Å². The minimum atomic E-state index is -0.384. The van der Waals surface area contributed by atoms with Gasteiger partial charge < -0.3 is 5.32 Å². The smallest absolute Gasteiger partial charge is 0.262 e. The fraction of sp³-hybridized carbons (Fsp3) is 0.176. The molecule has 2 heterocycles. The summed E-state index contributed by atoms with van der Waals surface area (Å²) in [6.07, 6.45) is 1.38. The Bertz CT molecular complexity index is 1040. The van der Waals surface area contributed by atoms with Crippen LogP contribution in [0.25, 0.3) is 10.2 Å². The van der Waals surface area contributed by atoms with Gasteiger partial charge in [-0.2, -0.15) is 5.26 Å². The van der Waals surface area contributed by atoms with Crippen molar-refractivity contribution in [3.63, 3.8) is 0 Å². The number of aryl methyl sites for hydroxylation is 2. The van der Waals surface area contributed by atoms with Gasteiger partial charge in [0.2, 0.25) is 5.91 Å². The molecule has 1 N–H and O–H groups in total. The maximum absolute atomic E-state index is 12.6. The van der Waals surface area contributed by atoms with Crippen molar-refractivity contribution >= 4 is 33.1 Å². The molecule has 24 heavy (non-hydrogen) atoms. The third kappa shape index (κ3) is 2.79. The number of carbonyl (C=O) groups is 1. The van der Waals surface area contributed by atoms with Crippen LogP contribution in [0.2, 0.25) is 0 Å². The second-order valence-electron chi connectivity index (χ2n) is 5.35.